The molecule has 1 aromatic heterocycles. The van der Waals surface area contributed by atoms with E-state index in [1.165, 1.54) is 17.4 Å². The molecule has 12 heavy (non-hydrogen) atoms. The molecule has 0 aromatic carbocycles. The molecular weight excluding hydrogens is 265 g/mol. The molecule has 1 aromatic rings. The Morgan fingerprint density at radius 3 is 2.83 bits per heavy atom. The van der Waals surface area contributed by atoms with Crippen LogP contribution in [0.2, 0.25) is 4.34 Å². The summed E-state index contributed by atoms with van der Waals surface area (Å²) in [5.74, 6) is 0. The first-order chi connectivity index (χ1) is 5.59. The first kappa shape index (κ1) is 9.70. The number of halogens is 2. The fourth-order valence-electron chi connectivity index (χ4n) is 0.580. The number of rotatable bonds is 2. The van der Waals surface area contributed by atoms with Crippen molar-refractivity contribution < 1.29 is 4.92 Å². The Labute approximate surface area is 85.9 Å². The van der Waals surface area contributed by atoms with Gasteiger partial charge < -0.3 is 0 Å². The lowest BCUT2D eigenvalue weighted by Crippen LogP contribution is -1.80. The normalized spacial score (nSPS) is 10.8. The molecular formula is C6H3BrClNO2S. The lowest BCUT2D eigenvalue weighted by molar-refractivity contribution is -0.400. The molecule has 0 aliphatic carbocycles. The summed E-state index contributed by atoms with van der Waals surface area (Å²) >= 11 is 10.2. The zero-order valence-electron chi connectivity index (χ0n) is 5.66. The first-order valence-electron chi connectivity index (χ1n) is 2.86. The van der Waals surface area contributed by atoms with E-state index in [0.29, 0.717) is 4.34 Å². The topological polar surface area (TPSA) is 43.1 Å². The minimum atomic E-state index is -0.512. The molecule has 1 heterocycles. The Morgan fingerprint density at radius 1 is 1.75 bits per heavy atom. The van der Waals surface area contributed by atoms with E-state index in [1.54, 1.807) is 6.07 Å². The molecule has 0 spiro atoms. The molecule has 1 rings (SSSR count). The summed E-state index contributed by atoms with van der Waals surface area (Å²) in [5, 5.41) is 9.94. The highest BCUT2D eigenvalue weighted by Gasteiger charge is 2.02. The molecule has 0 fully saturated rings. The van der Waals surface area contributed by atoms with Gasteiger partial charge in [-0.2, -0.15) is 0 Å². The van der Waals surface area contributed by atoms with Gasteiger partial charge in [-0.15, -0.1) is 11.3 Å². The fraction of sp³-hybridized carbons (Fsp3) is 0. The summed E-state index contributed by atoms with van der Waals surface area (Å²) in [7, 11) is 0. The summed E-state index contributed by atoms with van der Waals surface area (Å²) in [6.45, 7) is 0. The van der Waals surface area contributed by atoms with Gasteiger partial charge in [-0.3, -0.25) is 10.1 Å². The quantitative estimate of drug-likeness (QED) is 0.609. The maximum atomic E-state index is 9.94. The van der Waals surface area contributed by atoms with Crippen LogP contribution in [0.3, 0.4) is 0 Å². The molecule has 64 valence electrons. The largest absolute Gasteiger partial charge is 0.259 e. The third-order valence-corrected chi connectivity index (χ3v) is 3.46. The van der Waals surface area contributed by atoms with Crippen molar-refractivity contribution in [1.82, 2.24) is 0 Å². The molecule has 0 saturated carbocycles. The molecule has 0 saturated heterocycles. The second-order valence-corrected chi connectivity index (χ2v) is 4.41. The van der Waals surface area contributed by atoms with Crippen LogP contribution in [0.1, 0.15) is 4.88 Å². The molecule has 0 unspecified atom stereocenters. The van der Waals surface area contributed by atoms with Gasteiger partial charge >= 0.3 is 0 Å². The number of nitrogens with zero attached hydrogens (tertiary/aromatic N) is 1. The number of nitro groups is 1. The molecule has 0 aliphatic rings. The van der Waals surface area contributed by atoms with Crippen molar-refractivity contribution in [3.8, 4) is 0 Å². The summed E-state index contributed by atoms with van der Waals surface area (Å²) in [4.78, 5) is 10.2. The van der Waals surface area contributed by atoms with Gasteiger partial charge in [-0.25, -0.2) is 0 Å². The van der Waals surface area contributed by atoms with E-state index in [4.69, 9.17) is 11.6 Å². The average Bonchev–Trinajstić information content (AvgIpc) is 2.28. The van der Waals surface area contributed by atoms with Gasteiger partial charge in [-0.05, 0) is 22.0 Å². The van der Waals surface area contributed by atoms with Gasteiger partial charge in [0, 0.05) is 15.4 Å². The van der Waals surface area contributed by atoms with Crippen LogP contribution in [0.4, 0.5) is 0 Å². The Morgan fingerprint density at radius 2 is 2.42 bits per heavy atom. The van der Waals surface area contributed by atoms with Crippen molar-refractivity contribution in [2.24, 2.45) is 0 Å². The monoisotopic (exact) mass is 267 g/mol. The lowest BCUT2D eigenvalue weighted by atomic mass is 10.4. The van der Waals surface area contributed by atoms with Crippen molar-refractivity contribution in [2.75, 3.05) is 0 Å². The molecule has 6 heteroatoms. The summed E-state index contributed by atoms with van der Waals surface area (Å²) in [6.07, 6.45) is 2.29. The molecule has 0 atom stereocenters. The minimum Gasteiger partial charge on any atom is -0.259 e. The fourth-order valence-corrected chi connectivity index (χ4v) is 2.21. The van der Waals surface area contributed by atoms with Crippen LogP contribution < -0.4 is 0 Å². The predicted octanol–water partition coefficient (Wildman–Crippen LogP) is 3.41. The van der Waals surface area contributed by atoms with E-state index in [2.05, 4.69) is 15.9 Å². The number of hydrogen-bond donors (Lipinski definition) is 0. The van der Waals surface area contributed by atoms with Crippen molar-refractivity contribution >= 4 is 44.9 Å². The maximum Gasteiger partial charge on any atom is 0.235 e. The van der Waals surface area contributed by atoms with E-state index < -0.39 is 4.92 Å². The van der Waals surface area contributed by atoms with Gasteiger partial charge in [0.25, 0.3) is 0 Å². The average molecular weight is 269 g/mol. The maximum absolute atomic E-state index is 9.94. The molecule has 0 bridgehead atoms. The third kappa shape index (κ3) is 2.58. The SMILES string of the molecule is O=[N+]([O-])/C=C/c1cc(Br)c(Cl)s1. The Kier molecular flexibility index (Phi) is 3.25. The summed E-state index contributed by atoms with van der Waals surface area (Å²) in [6, 6.07) is 1.73. The smallest absolute Gasteiger partial charge is 0.235 e. The van der Waals surface area contributed by atoms with Crippen molar-refractivity contribution in [1.29, 1.82) is 0 Å². The highest BCUT2D eigenvalue weighted by atomic mass is 79.9. The van der Waals surface area contributed by atoms with Crippen molar-refractivity contribution in [3.05, 3.63) is 36.1 Å². The Hall–Kier alpha value is -0.390. The van der Waals surface area contributed by atoms with Gasteiger partial charge in [0.15, 0.2) is 0 Å². The molecule has 0 radical (unpaired) electrons. The third-order valence-electron chi connectivity index (χ3n) is 1.02. The van der Waals surface area contributed by atoms with Crippen LogP contribution in [0.25, 0.3) is 6.08 Å². The molecule has 0 N–H and O–H groups in total. The van der Waals surface area contributed by atoms with Crippen LogP contribution in [-0.4, -0.2) is 4.92 Å². The number of thiophene rings is 1. The van der Waals surface area contributed by atoms with Crippen LogP contribution >= 0.6 is 38.9 Å². The van der Waals surface area contributed by atoms with Crippen LogP contribution in [0.15, 0.2) is 16.7 Å². The highest BCUT2D eigenvalue weighted by molar-refractivity contribution is 9.10. The van der Waals surface area contributed by atoms with E-state index in [-0.39, 0.29) is 0 Å². The second kappa shape index (κ2) is 4.02. The minimum absolute atomic E-state index is 0.512. The van der Waals surface area contributed by atoms with Gasteiger partial charge in [0.1, 0.15) is 4.34 Å². The van der Waals surface area contributed by atoms with E-state index >= 15 is 0 Å². The highest BCUT2D eigenvalue weighted by Crippen LogP contribution is 2.32. The van der Waals surface area contributed by atoms with E-state index in [9.17, 15) is 10.1 Å². The van der Waals surface area contributed by atoms with Gasteiger partial charge in [0.05, 0.1) is 4.92 Å². The van der Waals surface area contributed by atoms with Crippen LogP contribution in [0, 0.1) is 10.1 Å². The molecule has 3 nitrogen and oxygen atoms in total. The van der Waals surface area contributed by atoms with E-state index in [1.807, 2.05) is 0 Å². The first-order valence-corrected chi connectivity index (χ1v) is 4.85. The predicted molar refractivity (Wildman–Crippen MR) is 53.1 cm³/mol. The lowest BCUT2D eigenvalue weighted by Gasteiger charge is -1.77. The Bertz CT molecular complexity index is 317. The zero-order valence-corrected chi connectivity index (χ0v) is 8.82. The van der Waals surface area contributed by atoms with Crippen LogP contribution in [0.5, 0.6) is 0 Å². The van der Waals surface area contributed by atoms with Gasteiger partial charge in [0.2, 0.25) is 6.20 Å². The summed E-state index contributed by atoms with van der Waals surface area (Å²) < 4.78 is 1.36. The van der Waals surface area contributed by atoms with E-state index in [0.717, 1.165) is 15.5 Å². The zero-order chi connectivity index (χ0) is 9.14. The standard InChI is InChI=1S/C6H3BrClNO2S/c7-5-3-4(12-6(5)8)1-2-9(10)11/h1-3H/b2-1+. The summed E-state index contributed by atoms with van der Waals surface area (Å²) in [5.41, 5.74) is 0. The van der Waals surface area contributed by atoms with Gasteiger partial charge in [-0.1, -0.05) is 11.6 Å². The number of hydrogen-bond acceptors (Lipinski definition) is 3. The molecule has 0 aliphatic heterocycles. The second-order valence-electron chi connectivity index (χ2n) is 1.87. The van der Waals surface area contributed by atoms with Crippen LogP contribution in [-0.2, 0) is 0 Å². The van der Waals surface area contributed by atoms with Crippen molar-refractivity contribution in [3.63, 3.8) is 0 Å². The van der Waals surface area contributed by atoms with Crippen molar-refractivity contribution in [2.45, 2.75) is 0 Å². The molecule has 0 amide bonds. The Balaban J connectivity index is 2.83.